The Balaban J connectivity index is 1.97. The van der Waals surface area contributed by atoms with Crippen LogP contribution in [0.1, 0.15) is 19.4 Å². The number of sulfonamides is 1. The first kappa shape index (κ1) is 22.6. The van der Waals surface area contributed by atoms with Crippen LogP contribution >= 0.6 is 0 Å². The highest BCUT2D eigenvalue weighted by Gasteiger charge is 2.11. The summed E-state index contributed by atoms with van der Waals surface area (Å²) in [4.78, 5) is 4.70. The van der Waals surface area contributed by atoms with E-state index in [0.29, 0.717) is 31.3 Å². The Morgan fingerprint density at radius 3 is 2.55 bits per heavy atom. The number of ether oxygens (including phenoxy) is 1. The lowest BCUT2D eigenvalue weighted by molar-refractivity contribution is 0.223. The van der Waals surface area contributed by atoms with Crippen molar-refractivity contribution in [1.29, 1.82) is 0 Å². The minimum absolute atomic E-state index is 0.173. The van der Waals surface area contributed by atoms with E-state index in [1.165, 1.54) is 25.2 Å². The molecule has 1 atom stereocenters. The second-order valence-corrected chi connectivity index (χ2v) is 8.20. The Labute approximate surface area is 171 Å². The molecule has 0 bridgehead atoms. The van der Waals surface area contributed by atoms with Crippen molar-refractivity contribution >= 4 is 16.0 Å². The molecule has 1 unspecified atom stereocenters. The van der Waals surface area contributed by atoms with E-state index < -0.39 is 10.0 Å². The van der Waals surface area contributed by atoms with Gasteiger partial charge < -0.3 is 15.4 Å². The molecule has 3 N–H and O–H groups in total. The molecule has 0 aliphatic rings. The number of nitrogens with one attached hydrogen (secondary N) is 3. The predicted octanol–water partition coefficient (Wildman–Crippen LogP) is 2.26. The lowest BCUT2D eigenvalue weighted by atomic mass is 10.2. The number of benzene rings is 2. The zero-order chi connectivity index (χ0) is 21.3. The van der Waals surface area contributed by atoms with Gasteiger partial charge in [-0.2, -0.15) is 0 Å². The van der Waals surface area contributed by atoms with Crippen LogP contribution in [0, 0.1) is 5.82 Å². The summed E-state index contributed by atoms with van der Waals surface area (Å²) in [7, 11) is -2.12. The van der Waals surface area contributed by atoms with Gasteiger partial charge in [0.25, 0.3) is 0 Å². The molecule has 0 aliphatic heterocycles. The first-order valence-corrected chi connectivity index (χ1v) is 10.8. The largest absolute Gasteiger partial charge is 0.489 e. The van der Waals surface area contributed by atoms with Crippen molar-refractivity contribution in [2.24, 2.45) is 4.99 Å². The van der Waals surface area contributed by atoms with Crippen LogP contribution in [-0.2, 0) is 16.6 Å². The summed E-state index contributed by atoms with van der Waals surface area (Å²) >= 11 is 0. The summed E-state index contributed by atoms with van der Waals surface area (Å²) in [6, 6.07) is 12.5. The third kappa shape index (κ3) is 7.35. The Hall–Kier alpha value is -2.65. The molecule has 0 radical (unpaired) electrons. The second-order valence-electron chi connectivity index (χ2n) is 6.31. The fraction of sp³-hybridized carbons (Fsp3) is 0.350. The Bertz CT molecular complexity index is 918. The average Bonchev–Trinajstić information content (AvgIpc) is 2.72. The molecule has 0 aliphatic carbocycles. The zero-order valence-electron chi connectivity index (χ0n) is 16.8. The van der Waals surface area contributed by atoms with E-state index in [1.807, 2.05) is 19.9 Å². The standard InChI is InChI=1S/C20H27FN4O3S/c1-4-23-20(24-13-15(2)28-18-10-8-17(21)9-11-18)25-14-16-6-5-7-19(12-16)29(26,27)22-3/h5-12,15,22H,4,13-14H2,1-3H3,(H2,23,24,25). The highest BCUT2D eigenvalue weighted by Crippen LogP contribution is 2.13. The molecule has 158 valence electrons. The zero-order valence-corrected chi connectivity index (χ0v) is 17.6. The van der Waals surface area contributed by atoms with Crippen LogP contribution in [0.5, 0.6) is 5.75 Å². The number of guanidine groups is 1. The molecule has 0 fully saturated rings. The van der Waals surface area contributed by atoms with E-state index in [4.69, 9.17) is 4.74 Å². The van der Waals surface area contributed by atoms with Gasteiger partial charge in [-0.1, -0.05) is 12.1 Å². The molecule has 0 aromatic heterocycles. The summed E-state index contributed by atoms with van der Waals surface area (Å²) in [5.41, 5.74) is 0.772. The molecule has 7 nitrogen and oxygen atoms in total. The molecule has 2 aromatic rings. The molecule has 0 amide bonds. The quantitative estimate of drug-likeness (QED) is 0.426. The lowest BCUT2D eigenvalue weighted by Gasteiger charge is -2.17. The maximum atomic E-state index is 13.0. The van der Waals surface area contributed by atoms with Gasteiger partial charge in [-0.25, -0.2) is 22.5 Å². The van der Waals surface area contributed by atoms with Gasteiger partial charge in [-0.15, -0.1) is 0 Å². The van der Waals surface area contributed by atoms with Crippen molar-refractivity contribution in [2.45, 2.75) is 31.4 Å². The lowest BCUT2D eigenvalue weighted by Crippen LogP contribution is -2.41. The summed E-state index contributed by atoms with van der Waals surface area (Å²) < 4.78 is 44.9. The maximum Gasteiger partial charge on any atom is 0.240 e. The van der Waals surface area contributed by atoms with Crippen molar-refractivity contribution < 1.29 is 17.5 Å². The summed E-state index contributed by atoms with van der Waals surface area (Å²) in [5, 5.41) is 6.33. The topological polar surface area (TPSA) is 91.8 Å². The molecule has 9 heteroatoms. The number of nitrogens with zero attached hydrogens (tertiary/aromatic N) is 1. The van der Waals surface area contributed by atoms with Crippen molar-refractivity contribution in [3.8, 4) is 5.75 Å². The normalized spacial score (nSPS) is 13.0. The number of halogens is 1. The van der Waals surface area contributed by atoms with Gasteiger partial charge >= 0.3 is 0 Å². The van der Waals surface area contributed by atoms with Gasteiger partial charge in [0, 0.05) is 6.54 Å². The third-order valence-electron chi connectivity index (χ3n) is 3.95. The van der Waals surface area contributed by atoms with E-state index in [0.717, 1.165) is 5.56 Å². The van der Waals surface area contributed by atoms with E-state index >= 15 is 0 Å². The second kappa shape index (κ2) is 10.8. The van der Waals surface area contributed by atoms with Crippen LogP contribution in [0.3, 0.4) is 0 Å². The van der Waals surface area contributed by atoms with Gasteiger partial charge in [-0.3, -0.25) is 0 Å². The number of rotatable bonds is 9. The number of aliphatic imine (C=N–C) groups is 1. The van der Waals surface area contributed by atoms with Crippen molar-refractivity contribution in [3.63, 3.8) is 0 Å². The monoisotopic (exact) mass is 422 g/mol. The summed E-state index contributed by atoms with van der Waals surface area (Å²) in [5.74, 6) is 0.866. The molecule has 2 aromatic carbocycles. The minimum atomic E-state index is -3.49. The predicted molar refractivity (Wildman–Crippen MR) is 112 cm³/mol. The van der Waals surface area contributed by atoms with E-state index in [1.54, 1.807) is 24.3 Å². The van der Waals surface area contributed by atoms with Crippen molar-refractivity contribution in [1.82, 2.24) is 15.4 Å². The van der Waals surface area contributed by atoms with E-state index in [9.17, 15) is 12.8 Å². The molecule has 29 heavy (non-hydrogen) atoms. The smallest absolute Gasteiger partial charge is 0.240 e. The molecular formula is C20H27FN4O3S. The van der Waals surface area contributed by atoms with Crippen LogP contribution in [0.2, 0.25) is 0 Å². The highest BCUT2D eigenvalue weighted by atomic mass is 32.2. The van der Waals surface area contributed by atoms with E-state index in [-0.39, 0.29) is 16.8 Å². The van der Waals surface area contributed by atoms with Gasteiger partial charge in [0.2, 0.25) is 10.0 Å². The van der Waals surface area contributed by atoms with Crippen LogP contribution in [-0.4, -0.2) is 40.6 Å². The third-order valence-corrected chi connectivity index (χ3v) is 5.36. The Morgan fingerprint density at radius 1 is 1.17 bits per heavy atom. The Kier molecular flexibility index (Phi) is 8.41. The summed E-state index contributed by atoms with van der Waals surface area (Å²) in [6.07, 6.45) is -0.173. The maximum absolute atomic E-state index is 13.0. The molecule has 0 heterocycles. The number of hydrogen-bond acceptors (Lipinski definition) is 4. The fourth-order valence-corrected chi connectivity index (χ4v) is 3.27. The van der Waals surface area contributed by atoms with Gasteiger partial charge in [0.15, 0.2) is 5.96 Å². The molecule has 2 rings (SSSR count). The van der Waals surface area contributed by atoms with Gasteiger partial charge in [-0.05, 0) is 62.9 Å². The SMILES string of the molecule is CCNC(=NCc1cccc(S(=O)(=O)NC)c1)NCC(C)Oc1ccc(F)cc1. The first-order valence-electron chi connectivity index (χ1n) is 9.31. The molecular weight excluding hydrogens is 395 g/mol. The molecule has 0 saturated carbocycles. The minimum Gasteiger partial charge on any atom is -0.489 e. The first-order chi connectivity index (χ1) is 13.8. The van der Waals surface area contributed by atoms with Gasteiger partial charge in [0.05, 0.1) is 18.0 Å². The van der Waals surface area contributed by atoms with Crippen LogP contribution in [0.15, 0.2) is 58.4 Å². The van der Waals surface area contributed by atoms with Crippen LogP contribution in [0.25, 0.3) is 0 Å². The Morgan fingerprint density at radius 2 is 1.90 bits per heavy atom. The molecule has 0 spiro atoms. The summed E-state index contributed by atoms with van der Waals surface area (Å²) in [6.45, 7) is 5.32. The van der Waals surface area contributed by atoms with Crippen LogP contribution in [0.4, 0.5) is 4.39 Å². The van der Waals surface area contributed by atoms with Gasteiger partial charge in [0.1, 0.15) is 17.7 Å². The highest BCUT2D eigenvalue weighted by molar-refractivity contribution is 7.89. The fourth-order valence-electron chi connectivity index (χ4n) is 2.47. The van der Waals surface area contributed by atoms with Crippen LogP contribution < -0.4 is 20.1 Å². The number of hydrogen-bond donors (Lipinski definition) is 3. The van der Waals surface area contributed by atoms with Crippen molar-refractivity contribution in [2.75, 3.05) is 20.1 Å². The van der Waals surface area contributed by atoms with Crippen molar-refractivity contribution in [3.05, 3.63) is 59.9 Å². The van der Waals surface area contributed by atoms with E-state index in [2.05, 4.69) is 20.3 Å². The molecule has 0 saturated heterocycles. The average molecular weight is 423 g/mol.